The van der Waals surface area contributed by atoms with Crippen molar-refractivity contribution < 1.29 is 23.8 Å². The topological polar surface area (TPSA) is 65.1 Å². The van der Waals surface area contributed by atoms with Gasteiger partial charge in [-0.25, -0.2) is 4.79 Å². The van der Waals surface area contributed by atoms with E-state index in [0.717, 1.165) is 5.56 Å². The van der Waals surface area contributed by atoms with Crippen LogP contribution >= 0.6 is 11.3 Å². The number of esters is 1. The molecule has 1 aromatic carbocycles. The number of ether oxygens (including phenoxy) is 3. The molecule has 134 valence electrons. The first-order valence-electron chi connectivity index (χ1n) is 7.85. The summed E-state index contributed by atoms with van der Waals surface area (Å²) in [5, 5.41) is 3.92. The zero-order valence-electron chi connectivity index (χ0n) is 14.3. The summed E-state index contributed by atoms with van der Waals surface area (Å²) < 4.78 is 15.8. The van der Waals surface area contributed by atoms with Crippen molar-refractivity contribution in [3.05, 3.63) is 46.7 Å². The van der Waals surface area contributed by atoms with Crippen LogP contribution in [-0.4, -0.2) is 43.6 Å². The van der Waals surface area contributed by atoms with Gasteiger partial charge in [-0.15, -0.1) is 0 Å². The van der Waals surface area contributed by atoms with Gasteiger partial charge in [0, 0.05) is 13.6 Å². The van der Waals surface area contributed by atoms with Gasteiger partial charge < -0.3 is 19.1 Å². The van der Waals surface area contributed by atoms with Crippen molar-refractivity contribution in [3.63, 3.8) is 0 Å². The largest absolute Gasteiger partial charge is 0.490 e. The van der Waals surface area contributed by atoms with Crippen molar-refractivity contribution in [1.29, 1.82) is 0 Å². The molecule has 0 radical (unpaired) electrons. The van der Waals surface area contributed by atoms with Gasteiger partial charge in [0.25, 0.3) is 5.91 Å². The first-order chi connectivity index (χ1) is 12.1. The van der Waals surface area contributed by atoms with Crippen molar-refractivity contribution in [2.24, 2.45) is 0 Å². The molecule has 0 aliphatic rings. The van der Waals surface area contributed by atoms with Gasteiger partial charge in [0.15, 0.2) is 24.7 Å². The summed E-state index contributed by atoms with van der Waals surface area (Å²) >= 11 is 1.57. The predicted molar refractivity (Wildman–Crippen MR) is 94.9 cm³/mol. The molecule has 2 rings (SSSR count). The maximum absolute atomic E-state index is 12.0. The Balaban J connectivity index is 1.74. The highest BCUT2D eigenvalue weighted by molar-refractivity contribution is 7.07. The minimum atomic E-state index is -0.608. The van der Waals surface area contributed by atoms with E-state index in [1.165, 1.54) is 4.90 Å². The molecule has 0 saturated carbocycles. The van der Waals surface area contributed by atoms with Crippen molar-refractivity contribution in [2.75, 3.05) is 26.9 Å². The lowest BCUT2D eigenvalue weighted by atomic mass is 10.3. The Hall–Kier alpha value is -2.54. The van der Waals surface area contributed by atoms with E-state index in [4.69, 9.17) is 14.2 Å². The number of hydrogen-bond acceptors (Lipinski definition) is 6. The molecule has 0 unspecified atom stereocenters. The average Bonchev–Trinajstić information content (AvgIpc) is 3.12. The van der Waals surface area contributed by atoms with Crippen molar-refractivity contribution in [1.82, 2.24) is 4.90 Å². The Morgan fingerprint density at radius 2 is 1.80 bits per heavy atom. The summed E-state index contributed by atoms with van der Waals surface area (Å²) in [4.78, 5) is 25.3. The number of nitrogens with zero attached hydrogens (tertiary/aromatic N) is 1. The fourth-order valence-electron chi connectivity index (χ4n) is 2.02. The summed E-state index contributed by atoms with van der Waals surface area (Å²) in [5.74, 6) is 0.143. The van der Waals surface area contributed by atoms with Gasteiger partial charge in [-0.2, -0.15) is 11.3 Å². The Morgan fingerprint density at radius 3 is 2.44 bits per heavy atom. The van der Waals surface area contributed by atoms with E-state index in [0.29, 0.717) is 24.7 Å². The first-order valence-corrected chi connectivity index (χ1v) is 8.79. The molecule has 1 amide bonds. The molecule has 0 spiro atoms. The summed E-state index contributed by atoms with van der Waals surface area (Å²) in [6.07, 6.45) is 0. The van der Waals surface area contributed by atoms with E-state index in [2.05, 4.69) is 0 Å². The number of carbonyl (C=O) groups is 2. The minimum Gasteiger partial charge on any atom is -0.490 e. The summed E-state index contributed by atoms with van der Waals surface area (Å²) in [7, 11) is 1.67. The third-order valence-corrected chi connectivity index (χ3v) is 4.01. The molecule has 7 heteroatoms. The van der Waals surface area contributed by atoms with Crippen LogP contribution in [0.3, 0.4) is 0 Å². The molecule has 0 fully saturated rings. The van der Waals surface area contributed by atoms with Crippen molar-refractivity contribution in [2.45, 2.75) is 13.5 Å². The van der Waals surface area contributed by atoms with Gasteiger partial charge in [0.1, 0.15) is 0 Å². The fourth-order valence-corrected chi connectivity index (χ4v) is 2.68. The maximum atomic E-state index is 12.0. The Morgan fingerprint density at radius 1 is 1.08 bits per heavy atom. The molecule has 6 nitrogen and oxygen atoms in total. The molecule has 1 aromatic heterocycles. The van der Waals surface area contributed by atoms with E-state index >= 15 is 0 Å². The normalized spacial score (nSPS) is 10.2. The predicted octanol–water partition coefficient (Wildman–Crippen LogP) is 2.73. The standard InChI is InChI=1S/C18H21NO5S/c1-3-22-15-6-4-5-7-16(15)23-12-18(21)24-11-17(20)19(2)10-14-8-9-25-13-14/h4-9,13H,3,10-12H2,1-2H3. The van der Waals surface area contributed by atoms with Crippen LogP contribution in [0.5, 0.6) is 11.5 Å². The maximum Gasteiger partial charge on any atom is 0.344 e. The van der Waals surface area contributed by atoms with Crippen LogP contribution in [0.2, 0.25) is 0 Å². The van der Waals surface area contributed by atoms with E-state index in [1.54, 1.807) is 36.6 Å². The smallest absolute Gasteiger partial charge is 0.344 e. The number of benzene rings is 1. The van der Waals surface area contributed by atoms with E-state index < -0.39 is 5.97 Å². The van der Waals surface area contributed by atoms with E-state index in [-0.39, 0.29) is 19.1 Å². The number of hydrogen-bond donors (Lipinski definition) is 0. The summed E-state index contributed by atoms with van der Waals surface area (Å²) in [6.45, 7) is 2.25. The van der Waals surface area contributed by atoms with Gasteiger partial charge in [-0.1, -0.05) is 12.1 Å². The molecule has 0 aliphatic carbocycles. The quantitative estimate of drug-likeness (QED) is 0.641. The molecule has 1 heterocycles. The van der Waals surface area contributed by atoms with Crippen LogP contribution in [0.15, 0.2) is 41.1 Å². The van der Waals surface area contributed by atoms with Gasteiger partial charge in [-0.05, 0) is 41.4 Å². The molecule has 2 aromatic rings. The molecule has 0 aliphatic heterocycles. The lowest BCUT2D eigenvalue weighted by Gasteiger charge is -2.16. The summed E-state index contributed by atoms with van der Waals surface area (Å²) in [5.41, 5.74) is 1.04. The highest BCUT2D eigenvalue weighted by Crippen LogP contribution is 2.26. The lowest BCUT2D eigenvalue weighted by molar-refractivity contribution is -0.153. The van der Waals surface area contributed by atoms with Gasteiger partial charge >= 0.3 is 5.97 Å². The van der Waals surface area contributed by atoms with Crippen LogP contribution in [0.4, 0.5) is 0 Å². The number of carbonyl (C=O) groups excluding carboxylic acids is 2. The second-order valence-corrected chi connectivity index (χ2v) is 5.99. The molecule has 0 atom stereocenters. The molecular formula is C18H21NO5S. The van der Waals surface area contributed by atoms with Crippen molar-refractivity contribution in [3.8, 4) is 11.5 Å². The second kappa shape index (κ2) is 9.68. The van der Waals surface area contributed by atoms with Crippen LogP contribution in [-0.2, 0) is 20.9 Å². The number of likely N-dealkylation sites (N-methyl/N-ethyl adjacent to an activating group) is 1. The van der Waals surface area contributed by atoms with Crippen LogP contribution < -0.4 is 9.47 Å². The zero-order chi connectivity index (χ0) is 18.1. The number of amides is 1. The van der Waals surface area contributed by atoms with E-state index in [9.17, 15) is 9.59 Å². The molecule has 0 saturated heterocycles. The van der Waals surface area contributed by atoms with Crippen LogP contribution in [0, 0.1) is 0 Å². The number of thiophene rings is 1. The zero-order valence-corrected chi connectivity index (χ0v) is 15.1. The third-order valence-electron chi connectivity index (χ3n) is 3.28. The second-order valence-electron chi connectivity index (χ2n) is 5.21. The average molecular weight is 363 g/mol. The molecule has 0 N–H and O–H groups in total. The highest BCUT2D eigenvalue weighted by atomic mass is 32.1. The van der Waals surface area contributed by atoms with E-state index in [1.807, 2.05) is 29.8 Å². The fraction of sp³-hybridized carbons (Fsp3) is 0.333. The SMILES string of the molecule is CCOc1ccccc1OCC(=O)OCC(=O)N(C)Cc1ccsc1. The van der Waals surface area contributed by atoms with Gasteiger partial charge in [-0.3, -0.25) is 4.79 Å². The molecular weight excluding hydrogens is 342 g/mol. The van der Waals surface area contributed by atoms with Crippen molar-refractivity contribution >= 4 is 23.2 Å². The monoisotopic (exact) mass is 363 g/mol. The number of rotatable bonds is 9. The molecule has 25 heavy (non-hydrogen) atoms. The summed E-state index contributed by atoms with van der Waals surface area (Å²) in [6, 6.07) is 9.01. The Bertz CT molecular complexity index is 687. The number of para-hydroxylation sites is 2. The first kappa shape index (κ1) is 18.8. The Labute approximate surface area is 150 Å². The minimum absolute atomic E-state index is 0.269. The van der Waals surface area contributed by atoms with Crippen LogP contribution in [0.1, 0.15) is 12.5 Å². The lowest BCUT2D eigenvalue weighted by Crippen LogP contribution is -2.31. The third kappa shape index (κ3) is 6.11. The van der Waals surface area contributed by atoms with Gasteiger partial charge in [0.05, 0.1) is 6.61 Å². The molecule has 0 bridgehead atoms. The van der Waals surface area contributed by atoms with Crippen LogP contribution in [0.25, 0.3) is 0 Å². The Kier molecular flexibility index (Phi) is 7.28. The highest BCUT2D eigenvalue weighted by Gasteiger charge is 2.14. The van der Waals surface area contributed by atoms with Gasteiger partial charge in [0.2, 0.25) is 0 Å².